The summed E-state index contributed by atoms with van der Waals surface area (Å²) >= 11 is 0. The molecule has 0 aromatic heterocycles. The highest BCUT2D eigenvalue weighted by molar-refractivity contribution is 5.94. The molecule has 144 valence electrons. The van der Waals surface area contributed by atoms with Crippen molar-refractivity contribution in [3.05, 3.63) is 35.6 Å². The van der Waals surface area contributed by atoms with Crippen LogP contribution in [0.2, 0.25) is 0 Å². The summed E-state index contributed by atoms with van der Waals surface area (Å²) in [6.07, 6.45) is 4.30. The molecule has 2 bridgehead atoms. The summed E-state index contributed by atoms with van der Waals surface area (Å²) in [6, 6.07) is 5.99. The first kappa shape index (κ1) is 18.1. The van der Waals surface area contributed by atoms with Crippen molar-refractivity contribution in [2.24, 2.45) is 17.8 Å². The molecule has 2 aliphatic carbocycles. The predicted octanol–water partition coefficient (Wildman–Crippen LogP) is 2.51. The molecule has 2 unspecified atom stereocenters. The molecule has 1 aliphatic heterocycles. The van der Waals surface area contributed by atoms with Crippen molar-refractivity contribution >= 4 is 17.6 Å². The Morgan fingerprint density at radius 3 is 2.15 bits per heavy atom. The summed E-state index contributed by atoms with van der Waals surface area (Å²) in [7, 11) is 0. The zero-order valence-electron chi connectivity index (χ0n) is 15.4. The number of nitrogens with zero attached hydrogens (tertiary/aromatic N) is 2. The lowest BCUT2D eigenvalue weighted by atomic mass is 9.67. The molecule has 1 heterocycles. The van der Waals surface area contributed by atoms with E-state index in [0.717, 1.165) is 19.3 Å². The molecular formula is C21H25FN2O3. The zero-order valence-corrected chi connectivity index (χ0v) is 15.4. The SMILES string of the molecule is O=C1C2CCCC1CC(C(=O)N1CCN(C(=O)c3ccccc3F)CC1)C2. The molecule has 0 radical (unpaired) electrons. The van der Waals surface area contributed by atoms with Gasteiger partial charge in [0, 0.05) is 43.9 Å². The first-order valence-electron chi connectivity index (χ1n) is 9.91. The Morgan fingerprint density at radius 2 is 1.52 bits per heavy atom. The van der Waals surface area contributed by atoms with Crippen molar-refractivity contribution in [3.8, 4) is 0 Å². The van der Waals surface area contributed by atoms with E-state index >= 15 is 0 Å². The molecule has 5 nitrogen and oxygen atoms in total. The topological polar surface area (TPSA) is 57.7 Å². The van der Waals surface area contributed by atoms with Crippen molar-refractivity contribution in [2.75, 3.05) is 26.2 Å². The van der Waals surface area contributed by atoms with Gasteiger partial charge in [-0.1, -0.05) is 18.6 Å². The van der Waals surface area contributed by atoms with Crippen LogP contribution in [0.5, 0.6) is 0 Å². The van der Waals surface area contributed by atoms with E-state index < -0.39 is 5.82 Å². The van der Waals surface area contributed by atoms with Gasteiger partial charge in [0.25, 0.3) is 5.91 Å². The van der Waals surface area contributed by atoms with Crippen LogP contribution in [0.1, 0.15) is 42.5 Å². The van der Waals surface area contributed by atoms with Crippen LogP contribution in [0, 0.1) is 23.6 Å². The van der Waals surface area contributed by atoms with Crippen molar-refractivity contribution in [1.29, 1.82) is 0 Å². The normalized spacial score (nSPS) is 28.2. The number of ketones is 1. The second-order valence-electron chi connectivity index (χ2n) is 7.99. The maximum absolute atomic E-state index is 13.8. The van der Waals surface area contributed by atoms with Crippen LogP contribution in [0.3, 0.4) is 0 Å². The van der Waals surface area contributed by atoms with E-state index in [9.17, 15) is 18.8 Å². The van der Waals surface area contributed by atoms with Gasteiger partial charge in [-0.15, -0.1) is 0 Å². The third kappa shape index (κ3) is 3.49. The van der Waals surface area contributed by atoms with Gasteiger partial charge in [0.15, 0.2) is 0 Å². The highest BCUT2D eigenvalue weighted by atomic mass is 19.1. The minimum atomic E-state index is -0.514. The second-order valence-corrected chi connectivity index (χ2v) is 7.99. The molecule has 27 heavy (non-hydrogen) atoms. The Bertz CT molecular complexity index is 742. The van der Waals surface area contributed by atoms with Gasteiger partial charge < -0.3 is 9.80 Å². The third-order valence-corrected chi connectivity index (χ3v) is 6.38. The number of carbonyl (C=O) groups excluding carboxylic acids is 3. The Morgan fingerprint density at radius 1 is 0.926 bits per heavy atom. The van der Waals surface area contributed by atoms with Crippen molar-refractivity contribution in [2.45, 2.75) is 32.1 Å². The van der Waals surface area contributed by atoms with Crippen molar-refractivity contribution < 1.29 is 18.8 Å². The van der Waals surface area contributed by atoms with E-state index in [-0.39, 0.29) is 35.1 Å². The monoisotopic (exact) mass is 372 g/mol. The third-order valence-electron chi connectivity index (χ3n) is 6.38. The molecule has 3 fully saturated rings. The summed E-state index contributed by atoms with van der Waals surface area (Å²) in [5.74, 6) is -0.280. The van der Waals surface area contributed by atoms with Crippen LogP contribution in [0.25, 0.3) is 0 Å². The summed E-state index contributed by atoms with van der Waals surface area (Å²) in [4.78, 5) is 41.1. The molecule has 3 aliphatic rings. The Labute approximate surface area is 158 Å². The lowest BCUT2D eigenvalue weighted by molar-refractivity contribution is -0.144. The fourth-order valence-corrected chi connectivity index (χ4v) is 4.87. The number of hydrogen-bond donors (Lipinski definition) is 0. The number of piperazine rings is 1. The first-order chi connectivity index (χ1) is 13.0. The number of fused-ring (bicyclic) bond motifs is 2. The van der Waals surface area contributed by atoms with E-state index in [1.807, 2.05) is 4.90 Å². The predicted molar refractivity (Wildman–Crippen MR) is 97.4 cm³/mol. The lowest BCUT2D eigenvalue weighted by Crippen LogP contribution is -2.53. The van der Waals surface area contributed by atoms with Crippen molar-refractivity contribution in [1.82, 2.24) is 9.80 Å². The standard InChI is InChI=1S/C21H25FN2O3/c22-18-7-2-1-6-17(18)21(27)24-10-8-23(9-11-24)20(26)16-12-14-4-3-5-15(13-16)19(14)25/h1-2,6-7,14-16H,3-5,8-13H2. The van der Waals surface area contributed by atoms with E-state index in [2.05, 4.69) is 0 Å². The van der Waals surface area contributed by atoms with E-state index in [1.165, 1.54) is 12.1 Å². The molecule has 0 spiro atoms. The highest BCUT2D eigenvalue weighted by Crippen LogP contribution is 2.40. The summed E-state index contributed by atoms with van der Waals surface area (Å²) in [5.41, 5.74) is 0.0795. The molecule has 2 saturated carbocycles. The van der Waals surface area contributed by atoms with Gasteiger partial charge in [0.2, 0.25) is 5.91 Å². The molecule has 4 rings (SSSR count). The first-order valence-corrected chi connectivity index (χ1v) is 9.91. The Balaban J connectivity index is 1.35. The average Bonchev–Trinajstić information content (AvgIpc) is 2.67. The summed E-state index contributed by atoms with van der Waals surface area (Å²) in [6.45, 7) is 1.77. The van der Waals surface area contributed by atoms with Gasteiger partial charge >= 0.3 is 0 Å². The second kappa shape index (κ2) is 7.41. The van der Waals surface area contributed by atoms with Crippen LogP contribution in [0.15, 0.2) is 24.3 Å². The lowest BCUT2D eigenvalue weighted by Gasteiger charge is -2.41. The van der Waals surface area contributed by atoms with Gasteiger partial charge in [0.1, 0.15) is 11.6 Å². The number of amides is 2. The maximum Gasteiger partial charge on any atom is 0.256 e. The van der Waals surface area contributed by atoms with Crippen LogP contribution in [-0.4, -0.2) is 53.6 Å². The summed E-state index contributed by atoms with van der Waals surface area (Å²) in [5, 5.41) is 0. The quantitative estimate of drug-likeness (QED) is 0.802. The number of carbonyl (C=O) groups is 3. The van der Waals surface area contributed by atoms with Crippen LogP contribution < -0.4 is 0 Å². The molecule has 1 aromatic rings. The zero-order chi connectivity index (χ0) is 19.0. The van der Waals surface area contributed by atoms with E-state index in [4.69, 9.17) is 0 Å². The van der Waals surface area contributed by atoms with Crippen LogP contribution in [0.4, 0.5) is 4.39 Å². The largest absolute Gasteiger partial charge is 0.339 e. The fraction of sp³-hybridized carbons (Fsp3) is 0.571. The van der Waals surface area contributed by atoms with Crippen LogP contribution in [-0.2, 0) is 9.59 Å². The minimum absolute atomic E-state index is 0.0631. The number of benzene rings is 1. The van der Waals surface area contributed by atoms with Crippen LogP contribution >= 0.6 is 0 Å². The number of rotatable bonds is 2. The minimum Gasteiger partial charge on any atom is -0.339 e. The van der Waals surface area contributed by atoms with Crippen molar-refractivity contribution in [3.63, 3.8) is 0 Å². The number of halogens is 1. The van der Waals surface area contributed by atoms with Gasteiger partial charge in [0.05, 0.1) is 5.56 Å². The molecule has 2 amide bonds. The van der Waals surface area contributed by atoms with Gasteiger partial charge in [-0.25, -0.2) is 4.39 Å². The van der Waals surface area contributed by atoms with E-state index in [0.29, 0.717) is 44.8 Å². The number of Topliss-reactive ketones (excluding diaryl/α,β-unsaturated/α-hetero) is 1. The molecule has 1 saturated heterocycles. The van der Waals surface area contributed by atoms with Gasteiger partial charge in [-0.05, 0) is 37.8 Å². The van der Waals surface area contributed by atoms with Gasteiger partial charge in [-0.2, -0.15) is 0 Å². The Hall–Kier alpha value is -2.24. The molecule has 0 N–H and O–H groups in total. The summed E-state index contributed by atoms with van der Waals surface area (Å²) < 4.78 is 13.8. The molecule has 2 atom stereocenters. The number of hydrogen-bond acceptors (Lipinski definition) is 3. The van der Waals surface area contributed by atoms with Gasteiger partial charge in [-0.3, -0.25) is 14.4 Å². The van der Waals surface area contributed by atoms with E-state index in [1.54, 1.807) is 17.0 Å². The average molecular weight is 372 g/mol. The molecule has 1 aromatic carbocycles. The molecule has 6 heteroatoms. The fourth-order valence-electron chi connectivity index (χ4n) is 4.87. The Kier molecular flexibility index (Phi) is 4.98. The molecular weight excluding hydrogens is 347 g/mol. The smallest absolute Gasteiger partial charge is 0.256 e. The highest BCUT2D eigenvalue weighted by Gasteiger charge is 2.42. The maximum atomic E-state index is 13.8.